The Bertz CT molecular complexity index is 877. The molecule has 1 saturated heterocycles. The number of likely N-dealkylation sites (tertiary alicyclic amines) is 1. The van der Waals surface area contributed by atoms with Gasteiger partial charge in [-0.15, -0.1) is 0 Å². The Balaban J connectivity index is 1.75. The lowest BCUT2D eigenvalue weighted by molar-refractivity contribution is -0.116. The van der Waals surface area contributed by atoms with Gasteiger partial charge < -0.3 is 20.4 Å². The van der Waals surface area contributed by atoms with Crippen molar-refractivity contribution in [3.63, 3.8) is 0 Å². The van der Waals surface area contributed by atoms with Crippen LogP contribution in [0.25, 0.3) is 10.9 Å². The zero-order valence-corrected chi connectivity index (χ0v) is 16.1. The Morgan fingerprint density at radius 2 is 2.00 bits per heavy atom. The third-order valence-electron chi connectivity index (χ3n) is 5.03. The normalized spacial score (nSPS) is 14.6. The fourth-order valence-electron chi connectivity index (χ4n) is 3.59. The molecule has 3 rings (SSSR count). The van der Waals surface area contributed by atoms with Crippen LogP contribution in [-0.2, 0) is 9.59 Å². The van der Waals surface area contributed by atoms with Gasteiger partial charge in [0, 0.05) is 31.6 Å². The van der Waals surface area contributed by atoms with E-state index in [0.717, 1.165) is 28.7 Å². The van der Waals surface area contributed by atoms with Crippen molar-refractivity contribution in [2.24, 2.45) is 0 Å². The number of ketones is 1. The summed E-state index contributed by atoms with van der Waals surface area (Å²) < 4.78 is 0. The first-order valence-electron chi connectivity index (χ1n) is 9.36. The molecule has 1 fully saturated rings. The molecule has 1 aromatic carbocycles. The number of fused-ring (bicyclic) bond motifs is 1. The third-order valence-corrected chi connectivity index (χ3v) is 5.03. The molecular formula is C20H25N5O3. The Morgan fingerprint density at radius 1 is 1.29 bits per heavy atom. The SMILES string of the molecule is CNc1c(N(C=O)C2CCN(C(=O)NCC(C)=O)CC2)cnc2ccccc12. The van der Waals surface area contributed by atoms with Crippen LogP contribution in [-0.4, -0.2) is 60.8 Å². The van der Waals surface area contributed by atoms with Crippen molar-refractivity contribution in [3.05, 3.63) is 30.5 Å². The largest absolute Gasteiger partial charge is 0.386 e. The van der Waals surface area contributed by atoms with Crippen LogP contribution in [0.4, 0.5) is 16.2 Å². The second-order valence-corrected chi connectivity index (χ2v) is 6.88. The lowest BCUT2D eigenvalue weighted by Gasteiger charge is -2.37. The number of piperidine rings is 1. The van der Waals surface area contributed by atoms with Gasteiger partial charge in [0.15, 0.2) is 0 Å². The fourth-order valence-corrected chi connectivity index (χ4v) is 3.59. The first kappa shape index (κ1) is 19.6. The Hall–Kier alpha value is -3.16. The second kappa shape index (κ2) is 8.69. The van der Waals surface area contributed by atoms with Crippen molar-refractivity contribution < 1.29 is 14.4 Å². The number of nitrogens with zero attached hydrogens (tertiary/aromatic N) is 3. The summed E-state index contributed by atoms with van der Waals surface area (Å²) in [5.74, 6) is -0.0845. The topological polar surface area (TPSA) is 94.6 Å². The molecule has 0 aliphatic carbocycles. The van der Waals surface area contributed by atoms with Crippen LogP contribution in [0.15, 0.2) is 30.5 Å². The predicted molar refractivity (Wildman–Crippen MR) is 109 cm³/mol. The van der Waals surface area contributed by atoms with E-state index in [0.29, 0.717) is 25.9 Å². The number of aromatic nitrogens is 1. The third kappa shape index (κ3) is 4.05. The van der Waals surface area contributed by atoms with E-state index in [-0.39, 0.29) is 24.4 Å². The first-order valence-corrected chi connectivity index (χ1v) is 9.36. The lowest BCUT2D eigenvalue weighted by Crippen LogP contribution is -2.50. The highest BCUT2D eigenvalue weighted by Gasteiger charge is 2.28. The van der Waals surface area contributed by atoms with Crippen LogP contribution < -0.4 is 15.5 Å². The average molecular weight is 383 g/mol. The molecule has 8 heteroatoms. The molecule has 2 heterocycles. The maximum atomic E-state index is 12.1. The Labute approximate surface area is 163 Å². The molecular weight excluding hydrogens is 358 g/mol. The van der Waals surface area contributed by atoms with Crippen molar-refractivity contribution in [1.29, 1.82) is 0 Å². The van der Waals surface area contributed by atoms with E-state index in [2.05, 4.69) is 15.6 Å². The van der Waals surface area contributed by atoms with Crippen LogP contribution in [0.1, 0.15) is 19.8 Å². The number of carbonyl (C=O) groups excluding carboxylic acids is 3. The van der Waals surface area contributed by atoms with Crippen molar-refractivity contribution in [2.45, 2.75) is 25.8 Å². The fraction of sp³-hybridized carbons (Fsp3) is 0.400. The van der Waals surface area contributed by atoms with E-state index in [1.807, 2.05) is 31.3 Å². The van der Waals surface area contributed by atoms with Crippen LogP contribution in [0, 0.1) is 0 Å². The van der Waals surface area contributed by atoms with Gasteiger partial charge in [0.25, 0.3) is 0 Å². The molecule has 1 aliphatic heterocycles. The summed E-state index contributed by atoms with van der Waals surface area (Å²) in [5, 5.41) is 6.77. The number of nitrogens with one attached hydrogen (secondary N) is 2. The molecule has 3 amide bonds. The summed E-state index contributed by atoms with van der Waals surface area (Å²) in [6.45, 7) is 2.52. The minimum atomic E-state index is -0.241. The maximum absolute atomic E-state index is 12.1. The van der Waals surface area contributed by atoms with E-state index < -0.39 is 0 Å². The molecule has 0 radical (unpaired) electrons. The van der Waals surface area contributed by atoms with E-state index >= 15 is 0 Å². The van der Waals surface area contributed by atoms with E-state index in [4.69, 9.17) is 0 Å². The summed E-state index contributed by atoms with van der Waals surface area (Å²) in [5.41, 5.74) is 2.45. The number of pyridine rings is 1. The van der Waals surface area contributed by atoms with Gasteiger partial charge in [0.1, 0.15) is 5.78 Å². The smallest absolute Gasteiger partial charge is 0.317 e. The van der Waals surface area contributed by atoms with E-state index in [9.17, 15) is 14.4 Å². The number of urea groups is 1. The Morgan fingerprint density at radius 3 is 2.64 bits per heavy atom. The molecule has 8 nitrogen and oxygen atoms in total. The molecule has 0 unspecified atom stereocenters. The van der Waals surface area contributed by atoms with Crippen LogP contribution in [0.3, 0.4) is 0 Å². The van der Waals surface area contributed by atoms with Crippen LogP contribution >= 0.6 is 0 Å². The number of amides is 3. The van der Waals surface area contributed by atoms with Crippen LogP contribution in [0.2, 0.25) is 0 Å². The molecule has 0 atom stereocenters. The summed E-state index contributed by atoms with van der Waals surface area (Å²) in [4.78, 5) is 43.0. The molecule has 0 bridgehead atoms. The maximum Gasteiger partial charge on any atom is 0.317 e. The summed E-state index contributed by atoms with van der Waals surface area (Å²) in [6, 6.07) is 7.52. The van der Waals surface area contributed by atoms with Crippen molar-refractivity contribution in [2.75, 3.05) is 36.9 Å². The van der Waals surface area contributed by atoms with Gasteiger partial charge in [-0.05, 0) is 25.8 Å². The second-order valence-electron chi connectivity index (χ2n) is 6.88. The summed E-state index contributed by atoms with van der Waals surface area (Å²) >= 11 is 0. The van der Waals surface area contributed by atoms with Gasteiger partial charge >= 0.3 is 6.03 Å². The average Bonchev–Trinajstić information content (AvgIpc) is 2.72. The minimum Gasteiger partial charge on any atom is -0.386 e. The number of rotatable bonds is 6. The number of carbonyl (C=O) groups is 3. The molecule has 0 spiro atoms. The molecule has 0 saturated carbocycles. The van der Waals surface area contributed by atoms with Gasteiger partial charge in [-0.2, -0.15) is 0 Å². The quantitative estimate of drug-likeness (QED) is 0.744. The zero-order chi connectivity index (χ0) is 20.1. The number of benzene rings is 1. The zero-order valence-electron chi connectivity index (χ0n) is 16.1. The Kier molecular flexibility index (Phi) is 6.08. The van der Waals surface area contributed by atoms with Gasteiger partial charge in [0.2, 0.25) is 6.41 Å². The molecule has 2 aromatic rings. The number of hydrogen-bond donors (Lipinski definition) is 2. The molecule has 2 N–H and O–H groups in total. The number of para-hydroxylation sites is 1. The highest BCUT2D eigenvalue weighted by Crippen LogP contribution is 2.34. The molecule has 28 heavy (non-hydrogen) atoms. The van der Waals surface area contributed by atoms with Crippen LogP contribution in [0.5, 0.6) is 0 Å². The molecule has 148 valence electrons. The standard InChI is InChI=1S/C20H25N5O3/c1-14(27)11-23-20(28)24-9-7-15(8-10-24)25(13-26)18-12-22-17-6-4-3-5-16(17)19(18)21-2/h3-6,12-13,15H,7-11H2,1-2H3,(H,21,22)(H,23,28). The minimum absolute atomic E-state index is 0.0237. The van der Waals surface area contributed by atoms with E-state index in [1.54, 1.807) is 16.0 Å². The summed E-state index contributed by atoms with van der Waals surface area (Å²) in [7, 11) is 1.83. The highest BCUT2D eigenvalue weighted by molar-refractivity contribution is 6.00. The number of anilines is 2. The molecule has 1 aromatic heterocycles. The van der Waals surface area contributed by atoms with Gasteiger partial charge in [-0.3, -0.25) is 14.6 Å². The van der Waals surface area contributed by atoms with E-state index in [1.165, 1.54) is 6.92 Å². The van der Waals surface area contributed by atoms with Crippen molar-refractivity contribution in [1.82, 2.24) is 15.2 Å². The van der Waals surface area contributed by atoms with Crippen molar-refractivity contribution in [3.8, 4) is 0 Å². The summed E-state index contributed by atoms with van der Waals surface area (Å²) in [6.07, 6.45) is 3.86. The predicted octanol–water partition coefficient (Wildman–Crippen LogP) is 2.00. The lowest BCUT2D eigenvalue weighted by atomic mass is 10.0. The number of hydrogen-bond acceptors (Lipinski definition) is 5. The van der Waals surface area contributed by atoms with Gasteiger partial charge in [-0.25, -0.2) is 4.79 Å². The highest BCUT2D eigenvalue weighted by atomic mass is 16.2. The van der Waals surface area contributed by atoms with Gasteiger partial charge in [-0.1, -0.05) is 18.2 Å². The first-order chi connectivity index (χ1) is 13.5. The molecule has 1 aliphatic rings. The van der Waals surface area contributed by atoms with Crippen molar-refractivity contribution >= 4 is 40.5 Å². The van der Waals surface area contributed by atoms with Gasteiger partial charge in [0.05, 0.1) is 29.6 Å². The monoisotopic (exact) mass is 383 g/mol. The number of Topliss-reactive ketones (excluding diaryl/α,β-unsaturated/α-hetero) is 1.